The van der Waals surface area contributed by atoms with Crippen molar-refractivity contribution in [1.82, 2.24) is 9.97 Å². The zero-order chi connectivity index (χ0) is 12.1. The molecule has 4 heteroatoms. The van der Waals surface area contributed by atoms with Gasteiger partial charge in [-0.15, -0.1) is 0 Å². The summed E-state index contributed by atoms with van der Waals surface area (Å²) in [6.07, 6.45) is 9.84. The van der Waals surface area contributed by atoms with Crippen LogP contribution >= 0.6 is 0 Å². The van der Waals surface area contributed by atoms with Gasteiger partial charge in [-0.05, 0) is 25.2 Å². The molecular weight excluding hydrogens is 212 g/mol. The number of hydrogen-bond donors (Lipinski definition) is 1. The van der Waals surface area contributed by atoms with Crippen molar-refractivity contribution in [2.75, 3.05) is 23.7 Å². The standard InChI is InChI=1S/C13H22N4/c1-2-4-11-5-3-9-17(10-6-11)13-12(14)15-7-8-16-13/h7-8,11H,2-6,9-10H2,1H3,(H2,14,15). The molecule has 0 radical (unpaired) electrons. The second-order valence-corrected chi connectivity index (χ2v) is 4.84. The van der Waals surface area contributed by atoms with Gasteiger partial charge in [-0.25, -0.2) is 9.97 Å². The molecule has 0 aromatic carbocycles. The fourth-order valence-corrected chi connectivity index (χ4v) is 2.66. The van der Waals surface area contributed by atoms with Crippen LogP contribution in [0, 0.1) is 5.92 Å². The van der Waals surface area contributed by atoms with Crippen LogP contribution in [0.2, 0.25) is 0 Å². The second-order valence-electron chi connectivity index (χ2n) is 4.84. The minimum absolute atomic E-state index is 0.557. The maximum atomic E-state index is 5.88. The van der Waals surface area contributed by atoms with Gasteiger partial charge in [0, 0.05) is 25.5 Å². The van der Waals surface area contributed by atoms with E-state index in [1.165, 1.54) is 32.1 Å². The average molecular weight is 234 g/mol. The monoisotopic (exact) mass is 234 g/mol. The van der Waals surface area contributed by atoms with Crippen LogP contribution in [0.15, 0.2) is 12.4 Å². The number of anilines is 2. The summed E-state index contributed by atoms with van der Waals surface area (Å²) in [5, 5.41) is 0. The van der Waals surface area contributed by atoms with Gasteiger partial charge in [-0.2, -0.15) is 0 Å². The Morgan fingerprint density at radius 3 is 2.88 bits per heavy atom. The molecular formula is C13H22N4. The van der Waals surface area contributed by atoms with E-state index in [0.717, 1.165) is 24.8 Å². The van der Waals surface area contributed by atoms with Gasteiger partial charge in [0.1, 0.15) is 0 Å². The molecule has 1 aromatic rings. The van der Waals surface area contributed by atoms with Crippen molar-refractivity contribution in [3.63, 3.8) is 0 Å². The second kappa shape index (κ2) is 5.84. The number of hydrogen-bond acceptors (Lipinski definition) is 4. The highest BCUT2D eigenvalue weighted by molar-refractivity contribution is 5.57. The molecule has 2 rings (SSSR count). The Bertz CT molecular complexity index is 353. The molecule has 1 aliphatic heterocycles. The maximum absolute atomic E-state index is 5.88. The number of rotatable bonds is 3. The first-order chi connectivity index (χ1) is 8.31. The zero-order valence-electron chi connectivity index (χ0n) is 10.6. The van der Waals surface area contributed by atoms with Crippen LogP contribution in [0.3, 0.4) is 0 Å². The molecule has 1 atom stereocenters. The highest BCUT2D eigenvalue weighted by Crippen LogP contribution is 2.26. The summed E-state index contributed by atoms with van der Waals surface area (Å²) < 4.78 is 0. The lowest BCUT2D eigenvalue weighted by Gasteiger charge is -2.22. The molecule has 1 fully saturated rings. The van der Waals surface area contributed by atoms with Crippen LogP contribution in [0.5, 0.6) is 0 Å². The van der Waals surface area contributed by atoms with E-state index in [4.69, 9.17) is 5.73 Å². The Morgan fingerprint density at radius 2 is 2.12 bits per heavy atom. The van der Waals surface area contributed by atoms with E-state index in [2.05, 4.69) is 21.8 Å². The molecule has 1 aliphatic rings. The molecule has 0 aliphatic carbocycles. The van der Waals surface area contributed by atoms with Crippen LogP contribution in [0.4, 0.5) is 11.6 Å². The summed E-state index contributed by atoms with van der Waals surface area (Å²) in [5.41, 5.74) is 5.88. The molecule has 1 saturated heterocycles. The predicted molar refractivity (Wildman–Crippen MR) is 70.9 cm³/mol. The van der Waals surface area contributed by atoms with Gasteiger partial charge >= 0.3 is 0 Å². The first-order valence-corrected chi connectivity index (χ1v) is 6.62. The van der Waals surface area contributed by atoms with E-state index < -0.39 is 0 Å². The summed E-state index contributed by atoms with van der Waals surface area (Å²) in [6, 6.07) is 0. The number of nitrogens with two attached hydrogens (primary N) is 1. The number of nitrogens with zero attached hydrogens (tertiary/aromatic N) is 3. The van der Waals surface area contributed by atoms with Crippen molar-refractivity contribution >= 4 is 11.6 Å². The molecule has 0 spiro atoms. The molecule has 0 bridgehead atoms. The van der Waals surface area contributed by atoms with Crippen molar-refractivity contribution < 1.29 is 0 Å². The number of nitrogen functional groups attached to an aromatic ring is 1. The summed E-state index contributed by atoms with van der Waals surface area (Å²) in [6.45, 7) is 4.39. The molecule has 17 heavy (non-hydrogen) atoms. The minimum atomic E-state index is 0.557. The van der Waals surface area contributed by atoms with Gasteiger partial charge in [0.05, 0.1) is 0 Å². The molecule has 2 N–H and O–H groups in total. The zero-order valence-corrected chi connectivity index (χ0v) is 10.6. The van der Waals surface area contributed by atoms with E-state index in [1.807, 2.05) is 0 Å². The average Bonchev–Trinajstić information content (AvgIpc) is 2.56. The lowest BCUT2D eigenvalue weighted by molar-refractivity contribution is 0.435. The molecule has 2 heterocycles. The van der Waals surface area contributed by atoms with Gasteiger partial charge in [0.15, 0.2) is 11.6 Å². The summed E-state index contributed by atoms with van der Waals surface area (Å²) in [7, 11) is 0. The maximum Gasteiger partial charge on any atom is 0.171 e. The normalized spacial score (nSPS) is 21.2. The Kier molecular flexibility index (Phi) is 4.18. The van der Waals surface area contributed by atoms with Crippen LogP contribution in [-0.4, -0.2) is 23.1 Å². The van der Waals surface area contributed by atoms with Gasteiger partial charge in [0.2, 0.25) is 0 Å². The SMILES string of the molecule is CCCC1CCCN(c2nccnc2N)CC1. The lowest BCUT2D eigenvalue weighted by Crippen LogP contribution is -2.26. The third-order valence-corrected chi connectivity index (χ3v) is 3.55. The van der Waals surface area contributed by atoms with Crippen molar-refractivity contribution in [2.24, 2.45) is 5.92 Å². The topological polar surface area (TPSA) is 55.0 Å². The van der Waals surface area contributed by atoms with Gasteiger partial charge in [-0.3, -0.25) is 0 Å². The van der Waals surface area contributed by atoms with Crippen molar-refractivity contribution in [2.45, 2.75) is 39.0 Å². The molecule has 4 nitrogen and oxygen atoms in total. The van der Waals surface area contributed by atoms with Gasteiger partial charge < -0.3 is 10.6 Å². The largest absolute Gasteiger partial charge is 0.381 e. The quantitative estimate of drug-likeness (QED) is 0.873. The first-order valence-electron chi connectivity index (χ1n) is 6.62. The van der Waals surface area contributed by atoms with E-state index in [0.29, 0.717) is 5.82 Å². The highest BCUT2D eigenvalue weighted by Gasteiger charge is 2.18. The summed E-state index contributed by atoms with van der Waals surface area (Å²) >= 11 is 0. The number of aromatic nitrogens is 2. The van der Waals surface area contributed by atoms with E-state index in [9.17, 15) is 0 Å². The van der Waals surface area contributed by atoms with E-state index >= 15 is 0 Å². The predicted octanol–water partition coefficient (Wildman–Crippen LogP) is 2.47. The van der Waals surface area contributed by atoms with Gasteiger partial charge in [-0.1, -0.05) is 19.8 Å². The van der Waals surface area contributed by atoms with E-state index in [1.54, 1.807) is 12.4 Å². The highest BCUT2D eigenvalue weighted by atomic mass is 15.2. The lowest BCUT2D eigenvalue weighted by atomic mass is 9.96. The Hall–Kier alpha value is -1.32. The van der Waals surface area contributed by atoms with Crippen LogP contribution in [0.25, 0.3) is 0 Å². The minimum Gasteiger partial charge on any atom is -0.381 e. The van der Waals surface area contributed by atoms with Crippen molar-refractivity contribution in [1.29, 1.82) is 0 Å². The fraction of sp³-hybridized carbons (Fsp3) is 0.692. The molecule has 0 amide bonds. The third kappa shape index (κ3) is 3.08. The Balaban J connectivity index is 2.01. The van der Waals surface area contributed by atoms with Crippen LogP contribution in [0.1, 0.15) is 39.0 Å². The first kappa shape index (κ1) is 12.1. The molecule has 1 aromatic heterocycles. The van der Waals surface area contributed by atoms with Crippen molar-refractivity contribution in [3.8, 4) is 0 Å². The Morgan fingerprint density at radius 1 is 1.29 bits per heavy atom. The van der Waals surface area contributed by atoms with Crippen LogP contribution in [-0.2, 0) is 0 Å². The smallest absolute Gasteiger partial charge is 0.171 e. The van der Waals surface area contributed by atoms with E-state index in [-0.39, 0.29) is 0 Å². The fourth-order valence-electron chi connectivity index (χ4n) is 2.66. The van der Waals surface area contributed by atoms with Gasteiger partial charge in [0.25, 0.3) is 0 Å². The molecule has 94 valence electrons. The Labute approximate surface area is 103 Å². The summed E-state index contributed by atoms with van der Waals surface area (Å²) in [4.78, 5) is 10.8. The van der Waals surface area contributed by atoms with Crippen LogP contribution < -0.4 is 10.6 Å². The van der Waals surface area contributed by atoms with Crippen molar-refractivity contribution in [3.05, 3.63) is 12.4 Å². The summed E-state index contributed by atoms with van der Waals surface area (Å²) in [5.74, 6) is 2.30. The molecule has 0 saturated carbocycles. The third-order valence-electron chi connectivity index (χ3n) is 3.55. The molecule has 1 unspecified atom stereocenters.